The number of allylic oxidation sites excluding steroid dienone is 1. The van der Waals surface area contributed by atoms with Gasteiger partial charge in [0.1, 0.15) is 6.04 Å². The maximum Gasteiger partial charge on any atom is 0.310 e. The molecule has 1 aliphatic heterocycles. The molecule has 6 atom stereocenters. The van der Waals surface area contributed by atoms with E-state index in [2.05, 4.69) is 5.32 Å². The zero-order valence-electron chi connectivity index (χ0n) is 19.5. The van der Waals surface area contributed by atoms with E-state index in [9.17, 15) is 19.5 Å². The Labute approximate surface area is 200 Å². The number of fused-ring (bicyclic) bond motifs is 1. The van der Waals surface area contributed by atoms with E-state index in [1.165, 1.54) is 4.90 Å². The van der Waals surface area contributed by atoms with Crippen LogP contribution < -0.4 is 5.32 Å². The summed E-state index contributed by atoms with van der Waals surface area (Å²) >= 11 is 5.96. The minimum atomic E-state index is -0.858. The van der Waals surface area contributed by atoms with Crippen molar-refractivity contribution >= 4 is 35.1 Å². The van der Waals surface area contributed by atoms with Crippen LogP contribution in [0.3, 0.4) is 0 Å². The molecular formula is C25H33ClN2O5. The number of carbonyl (C=O) groups excluding carboxylic acids is 3. The molecule has 2 N–H and O–H groups in total. The van der Waals surface area contributed by atoms with Crippen LogP contribution in [0, 0.1) is 29.6 Å². The zero-order valence-corrected chi connectivity index (χ0v) is 20.3. The number of anilines is 1. The molecule has 1 aliphatic carbocycles. The molecule has 0 aromatic heterocycles. The number of nitrogens with zero attached hydrogens (tertiary/aromatic N) is 1. The number of rotatable bonds is 8. The number of amides is 2. The quantitative estimate of drug-likeness (QED) is 0.442. The van der Waals surface area contributed by atoms with Gasteiger partial charge < -0.3 is 20.1 Å². The van der Waals surface area contributed by atoms with Crippen molar-refractivity contribution in [3.63, 3.8) is 0 Å². The van der Waals surface area contributed by atoms with Gasteiger partial charge in [0.15, 0.2) is 0 Å². The van der Waals surface area contributed by atoms with Crippen molar-refractivity contribution in [1.29, 1.82) is 0 Å². The third-order valence-corrected chi connectivity index (χ3v) is 7.02. The van der Waals surface area contributed by atoms with Crippen LogP contribution in [0.5, 0.6) is 0 Å². The summed E-state index contributed by atoms with van der Waals surface area (Å²) in [5.41, 5.74) is 0.554. The van der Waals surface area contributed by atoms with Gasteiger partial charge in [0.25, 0.3) is 0 Å². The fourth-order valence-electron chi connectivity index (χ4n) is 5.12. The van der Waals surface area contributed by atoms with E-state index in [1.54, 1.807) is 31.2 Å². The van der Waals surface area contributed by atoms with Crippen molar-refractivity contribution < 1.29 is 24.2 Å². The van der Waals surface area contributed by atoms with Crippen LogP contribution in [0.2, 0.25) is 5.02 Å². The highest BCUT2D eigenvalue weighted by Gasteiger charge is 2.59. The number of hydrogen-bond donors (Lipinski definition) is 2. The fourth-order valence-corrected chi connectivity index (χ4v) is 5.25. The fraction of sp³-hybridized carbons (Fsp3) is 0.560. The van der Waals surface area contributed by atoms with Gasteiger partial charge in [0, 0.05) is 16.6 Å². The highest BCUT2D eigenvalue weighted by atomic mass is 35.5. The van der Waals surface area contributed by atoms with Crippen molar-refractivity contribution in [1.82, 2.24) is 4.90 Å². The average molecular weight is 477 g/mol. The number of aliphatic hydroxyl groups is 1. The summed E-state index contributed by atoms with van der Waals surface area (Å²) < 4.78 is 5.34. The topological polar surface area (TPSA) is 95.9 Å². The number of carbonyl (C=O) groups is 3. The summed E-state index contributed by atoms with van der Waals surface area (Å²) in [6, 6.07) is 5.31. The average Bonchev–Trinajstić information content (AvgIpc) is 3.07. The molecule has 0 unspecified atom stereocenters. The highest BCUT2D eigenvalue weighted by molar-refractivity contribution is 6.30. The summed E-state index contributed by atoms with van der Waals surface area (Å²) in [6.07, 6.45) is 4.50. The number of ether oxygens (including phenoxy) is 1. The number of hydrogen-bond acceptors (Lipinski definition) is 5. The molecule has 0 bridgehead atoms. The van der Waals surface area contributed by atoms with Crippen LogP contribution in [-0.4, -0.2) is 53.1 Å². The monoisotopic (exact) mass is 476 g/mol. The molecule has 1 fully saturated rings. The third kappa shape index (κ3) is 4.94. The number of aliphatic hydroxyl groups excluding tert-OH is 1. The van der Waals surface area contributed by atoms with E-state index < -0.39 is 35.8 Å². The standard InChI is InChI=1S/C25H33ClN2O5/c1-5-15-7-12-18-21(20(15)25(32)33-6-2)24(31)28(19(13-29)14(3)4)22(18)23(30)27-17-10-8-16(26)9-11-17/h7-12,14-15,18-22,29H,5-6,13H2,1-4H3,(H,27,30)/t15-,18+,19+,20-,21+,22+/m1/s1. The molecule has 0 saturated carbocycles. The van der Waals surface area contributed by atoms with Gasteiger partial charge in [-0.3, -0.25) is 14.4 Å². The Morgan fingerprint density at radius 1 is 1.18 bits per heavy atom. The lowest BCUT2D eigenvalue weighted by Gasteiger charge is -2.35. The number of benzene rings is 1. The predicted molar refractivity (Wildman–Crippen MR) is 126 cm³/mol. The van der Waals surface area contributed by atoms with Gasteiger partial charge >= 0.3 is 5.97 Å². The summed E-state index contributed by atoms with van der Waals surface area (Å²) in [6.45, 7) is 7.44. The van der Waals surface area contributed by atoms with Crippen LogP contribution in [0.4, 0.5) is 5.69 Å². The summed E-state index contributed by atoms with van der Waals surface area (Å²) in [5.74, 6) is -3.19. The van der Waals surface area contributed by atoms with Gasteiger partial charge in [0.05, 0.1) is 31.1 Å². The van der Waals surface area contributed by atoms with E-state index in [4.69, 9.17) is 16.3 Å². The van der Waals surface area contributed by atoms with E-state index in [0.717, 1.165) is 0 Å². The van der Waals surface area contributed by atoms with Gasteiger partial charge in [-0.25, -0.2) is 0 Å². The molecule has 8 heteroatoms. The van der Waals surface area contributed by atoms with Crippen molar-refractivity contribution in [3.05, 3.63) is 41.4 Å². The second-order valence-electron chi connectivity index (χ2n) is 9.02. The maximum atomic E-state index is 13.8. The van der Waals surface area contributed by atoms with Crippen molar-refractivity contribution in [3.8, 4) is 0 Å². The van der Waals surface area contributed by atoms with Crippen LogP contribution >= 0.6 is 11.6 Å². The van der Waals surface area contributed by atoms with Gasteiger partial charge in [0.2, 0.25) is 11.8 Å². The van der Waals surface area contributed by atoms with E-state index in [1.807, 2.05) is 32.9 Å². The molecule has 1 saturated heterocycles. The summed E-state index contributed by atoms with van der Waals surface area (Å²) in [5, 5.41) is 13.6. The van der Waals surface area contributed by atoms with E-state index >= 15 is 0 Å². The molecule has 7 nitrogen and oxygen atoms in total. The third-order valence-electron chi connectivity index (χ3n) is 6.77. The highest BCUT2D eigenvalue weighted by Crippen LogP contribution is 2.46. The minimum absolute atomic E-state index is 0.0862. The van der Waals surface area contributed by atoms with Crippen molar-refractivity contribution in [2.75, 3.05) is 18.5 Å². The van der Waals surface area contributed by atoms with Gasteiger partial charge in [-0.2, -0.15) is 0 Å². The van der Waals surface area contributed by atoms with E-state index in [0.29, 0.717) is 17.1 Å². The predicted octanol–water partition coefficient (Wildman–Crippen LogP) is 3.51. The van der Waals surface area contributed by atoms with E-state index in [-0.39, 0.29) is 36.9 Å². The second kappa shape index (κ2) is 10.7. The number of halogens is 1. The molecule has 0 radical (unpaired) electrons. The van der Waals surface area contributed by atoms with Crippen LogP contribution in [0.25, 0.3) is 0 Å². The molecule has 2 aliphatic rings. The number of nitrogens with one attached hydrogen (secondary N) is 1. The molecule has 3 rings (SSSR count). The van der Waals surface area contributed by atoms with Gasteiger partial charge in [-0.1, -0.05) is 44.5 Å². The first-order chi connectivity index (χ1) is 15.7. The Morgan fingerprint density at radius 3 is 2.39 bits per heavy atom. The smallest absolute Gasteiger partial charge is 0.310 e. The van der Waals surface area contributed by atoms with Crippen molar-refractivity contribution in [2.24, 2.45) is 29.6 Å². The van der Waals surface area contributed by atoms with Gasteiger partial charge in [-0.15, -0.1) is 0 Å². The molecular weight excluding hydrogens is 444 g/mol. The largest absolute Gasteiger partial charge is 0.466 e. The molecule has 180 valence electrons. The number of esters is 1. The maximum absolute atomic E-state index is 13.8. The first kappa shape index (κ1) is 25.2. The minimum Gasteiger partial charge on any atom is -0.466 e. The van der Waals surface area contributed by atoms with Crippen molar-refractivity contribution in [2.45, 2.75) is 46.2 Å². The SMILES string of the molecule is CCOC(=O)[C@H]1[C@H]2C(=O)N([C@@H](CO)C(C)C)[C@H](C(=O)Nc3ccc(Cl)cc3)[C@H]2C=C[C@H]1CC. The Bertz CT molecular complexity index is 901. The van der Waals surface area contributed by atoms with Crippen LogP contribution in [0.1, 0.15) is 34.1 Å². The molecule has 0 spiro atoms. The zero-order chi connectivity index (χ0) is 24.3. The normalized spacial score (nSPS) is 27.4. The van der Waals surface area contributed by atoms with Crippen LogP contribution in [-0.2, 0) is 19.1 Å². The Balaban J connectivity index is 2.04. The summed E-state index contributed by atoms with van der Waals surface area (Å²) in [7, 11) is 0. The molecule has 33 heavy (non-hydrogen) atoms. The second-order valence-corrected chi connectivity index (χ2v) is 9.45. The molecule has 1 heterocycles. The number of likely N-dealkylation sites (tertiary alicyclic amines) is 1. The van der Waals surface area contributed by atoms with Crippen LogP contribution in [0.15, 0.2) is 36.4 Å². The lowest BCUT2D eigenvalue weighted by molar-refractivity contribution is -0.156. The Hall–Kier alpha value is -2.38. The summed E-state index contributed by atoms with van der Waals surface area (Å²) in [4.78, 5) is 41.8. The molecule has 2 amide bonds. The Morgan fingerprint density at radius 2 is 1.85 bits per heavy atom. The first-order valence-corrected chi connectivity index (χ1v) is 12.0. The van der Waals surface area contributed by atoms with Gasteiger partial charge in [-0.05, 0) is 49.4 Å². The lowest BCUT2D eigenvalue weighted by Crippen LogP contribution is -2.52. The molecule has 1 aromatic carbocycles. The first-order valence-electron chi connectivity index (χ1n) is 11.6. The Kier molecular flexibility index (Phi) is 8.19. The lowest BCUT2D eigenvalue weighted by atomic mass is 9.69. The molecule has 1 aromatic rings.